The summed E-state index contributed by atoms with van der Waals surface area (Å²) in [5, 5.41) is 9.97. The molecule has 2 rings (SSSR count). The molecule has 2 heteroatoms. The predicted octanol–water partition coefficient (Wildman–Crippen LogP) is 2.38. The van der Waals surface area contributed by atoms with E-state index in [2.05, 4.69) is 19.9 Å². The van der Waals surface area contributed by atoms with Gasteiger partial charge in [-0.3, -0.25) is 4.79 Å². The van der Waals surface area contributed by atoms with Crippen LogP contribution < -0.4 is 0 Å². The maximum Gasteiger partial charge on any atom is 0.156 e. The molecule has 0 saturated heterocycles. The van der Waals surface area contributed by atoms with Gasteiger partial charge in [0, 0.05) is 12.8 Å². The Morgan fingerprint density at radius 2 is 1.93 bits per heavy atom. The monoisotopic (exact) mass is 206 g/mol. The number of carbonyl (C=O) groups is 1. The van der Waals surface area contributed by atoms with Gasteiger partial charge in [-0.2, -0.15) is 0 Å². The van der Waals surface area contributed by atoms with E-state index in [0.29, 0.717) is 19.3 Å². The Kier molecular flexibility index (Phi) is 2.16. The Hall–Kier alpha value is -0.890. The van der Waals surface area contributed by atoms with Gasteiger partial charge in [0.15, 0.2) is 5.78 Å². The second-order valence-corrected chi connectivity index (χ2v) is 5.69. The quantitative estimate of drug-likeness (QED) is 0.660. The summed E-state index contributed by atoms with van der Waals surface area (Å²) < 4.78 is 0. The minimum Gasteiger partial charge on any atom is -0.390 e. The summed E-state index contributed by atoms with van der Waals surface area (Å²) in [6, 6.07) is 0. The van der Waals surface area contributed by atoms with Crippen LogP contribution in [-0.4, -0.2) is 16.5 Å². The van der Waals surface area contributed by atoms with Crippen molar-refractivity contribution in [3.63, 3.8) is 0 Å². The highest BCUT2D eigenvalue weighted by atomic mass is 16.3. The van der Waals surface area contributed by atoms with E-state index in [1.54, 1.807) is 6.08 Å². The first-order valence-corrected chi connectivity index (χ1v) is 5.47. The molecule has 0 spiro atoms. The van der Waals surface area contributed by atoms with Gasteiger partial charge in [0.2, 0.25) is 0 Å². The molecule has 0 radical (unpaired) electrons. The van der Waals surface area contributed by atoms with Crippen molar-refractivity contribution in [3.8, 4) is 0 Å². The third-order valence-corrected chi connectivity index (χ3v) is 3.34. The Morgan fingerprint density at radius 1 is 1.27 bits per heavy atom. The van der Waals surface area contributed by atoms with Gasteiger partial charge in [0.25, 0.3) is 0 Å². The summed E-state index contributed by atoms with van der Waals surface area (Å²) in [5.41, 5.74) is 1.56. The number of allylic oxidation sites excluding steroid dienone is 2. The number of aliphatic hydroxyl groups is 1. The fourth-order valence-electron chi connectivity index (χ4n) is 2.65. The van der Waals surface area contributed by atoms with E-state index in [9.17, 15) is 9.90 Å². The van der Waals surface area contributed by atoms with E-state index in [1.165, 1.54) is 5.57 Å². The van der Waals surface area contributed by atoms with E-state index < -0.39 is 5.60 Å². The molecule has 1 unspecified atom stereocenters. The van der Waals surface area contributed by atoms with Crippen LogP contribution in [-0.2, 0) is 4.79 Å². The summed E-state index contributed by atoms with van der Waals surface area (Å²) in [5.74, 6) is 0.185. The van der Waals surface area contributed by atoms with Crippen LogP contribution in [0, 0.1) is 5.41 Å². The highest BCUT2D eigenvalue weighted by Gasteiger charge is 2.37. The van der Waals surface area contributed by atoms with Gasteiger partial charge in [0.1, 0.15) is 0 Å². The molecule has 0 amide bonds. The van der Waals surface area contributed by atoms with Gasteiger partial charge in [-0.15, -0.1) is 0 Å². The molecular formula is C13H18O2. The van der Waals surface area contributed by atoms with Crippen LogP contribution in [0.5, 0.6) is 0 Å². The molecule has 0 aromatic heterocycles. The predicted molar refractivity (Wildman–Crippen MR) is 59.4 cm³/mol. The smallest absolute Gasteiger partial charge is 0.156 e. The first-order chi connectivity index (χ1) is 6.80. The molecule has 15 heavy (non-hydrogen) atoms. The first kappa shape index (κ1) is 10.6. The van der Waals surface area contributed by atoms with E-state index in [0.717, 1.165) is 5.57 Å². The van der Waals surface area contributed by atoms with Crippen molar-refractivity contribution < 1.29 is 9.90 Å². The molecule has 0 aromatic rings. The molecule has 0 heterocycles. The molecule has 1 N–H and O–H groups in total. The van der Waals surface area contributed by atoms with E-state index in [1.807, 2.05) is 6.92 Å². The second kappa shape index (κ2) is 3.05. The second-order valence-electron chi connectivity index (χ2n) is 5.69. The number of hydrogen-bond acceptors (Lipinski definition) is 2. The summed E-state index contributed by atoms with van der Waals surface area (Å²) in [4.78, 5) is 11.6. The molecule has 0 aliphatic heterocycles. The summed E-state index contributed by atoms with van der Waals surface area (Å²) in [6.07, 6.45) is 5.70. The lowest BCUT2D eigenvalue weighted by molar-refractivity contribution is -0.116. The maximum absolute atomic E-state index is 11.6. The Morgan fingerprint density at radius 3 is 2.60 bits per heavy atom. The molecule has 0 saturated carbocycles. The third-order valence-electron chi connectivity index (χ3n) is 3.34. The first-order valence-electron chi connectivity index (χ1n) is 5.47. The van der Waals surface area contributed by atoms with Gasteiger partial charge in [-0.05, 0) is 36.0 Å². The largest absolute Gasteiger partial charge is 0.390 e. The Bertz CT molecular complexity index is 370. The summed E-state index contributed by atoms with van der Waals surface area (Å²) >= 11 is 0. The zero-order valence-corrected chi connectivity index (χ0v) is 9.63. The van der Waals surface area contributed by atoms with Crippen LogP contribution in [0.3, 0.4) is 0 Å². The number of ketones is 1. The molecular weight excluding hydrogens is 188 g/mol. The number of fused-ring (bicyclic) bond motifs is 1. The minimum atomic E-state index is -0.678. The molecule has 0 aromatic carbocycles. The number of rotatable bonds is 0. The van der Waals surface area contributed by atoms with Gasteiger partial charge >= 0.3 is 0 Å². The minimum absolute atomic E-state index is 0.0579. The van der Waals surface area contributed by atoms with Crippen LogP contribution in [0.4, 0.5) is 0 Å². The third kappa shape index (κ3) is 1.91. The average molecular weight is 206 g/mol. The zero-order valence-electron chi connectivity index (χ0n) is 9.63. The Balaban J connectivity index is 2.45. The van der Waals surface area contributed by atoms with Crippen LogP contribution in [0.25, 0.3) is 0 Å². The van der Waals surface area contributed by atoms with Gasteiger partial charge in [-0.25, -0.2) is 0 Å². The number of hydrogen-bond donors (Lipinski definition) is 1. The molecule has 2 aliphatic rings. The molecule has 1 atom stereocenters. The van der Waals surface area contributed by atoms with E-state index in [4.69, 9.17) is 0 Å². The molecule has 0 fully saturated rings. The van der Waals surface area contributed by atoms with Crippen molar-refractivity contribution in [2.24, 2.45) is 5.41 Å². The van der Waals surface area contributed by atoms with Crippen molar-refractivity contribution >= 4 is 5.78 Å². The van der Waals surface area contributed by atoms with E-state index in [-0.39, 0.29) is 11.2 Å². The number of carbonyl (C=O) groups excluding carboxylic acids is 1. The zero-order chi connectivity index (χ0) is 11.3. The van der Waals surface area contributed by atoms with E-state index >= 15 is 0 Å². The molecule has 82 valence electrons. The SMILES string of the molecule is CC1(O)CC=C2C(=CC(=O)CC2(C)C)C1. The van der Waals surface area contributed by atoms with Crippen molar-refractivity contribution in [1.29, 1.82) is 0 Å². The highest BCUT2D eigenvalue weighted by molar-refractivity contribution is 5.94. The lowest BCUT2D eigenvalue weighted by Gasteiger charge is -2.39. The van der Waals surface area contributed by atoms with Gasteiger partial charge < -0.3 is 5.11 Å². The normalized spacial score (nSPS) is 34.3. The molecule has 2 aliphatic carbocycles. The lowest BCUT2D eigenvalue weighted by atomic mass is 9.67. The fourth-order valence-corrected chi connectivity index (χ4v) is 2.65. The van der Waals surface area contributed by atoms with Crippen LogP contribution in [0.2, 0.25) is 0 Å². The topological polar surface area (TPSA) is 37.3 Å². The Labute approximate surface area is 90.7 Å². The summed E-state index contributed by atoms with van der Waals surface area (Å²) in [6.45, 7) is 6.03. The molecule has 0 bridgehead atoms. The average Bonchev–Trinajstić information content (AvgIpc) is 1.97. The van der Waals surface area contributed by atoms with Crippen molar-refractivity contribution in [3.05, 3.63) is 23.3 Å². The maximum atomic E-state index is 11.6. The van der Waals surface area contributed by atoms with Crippen LogP contribution >= 0.6 is 0 Å². The van der Waals surface area contributed by atoms with Crippen LogP contribution in [0.1, 0.15) is 40.0 Å². The van der Waals surface area contributed by atoms with Crippen molar-refractivity contribution in [2.45, 2.75) is 45.6 Å². The van der Waals surface area contributed by atoms with Crippen molar-refractivity contribution in [2.75, 3.05) is 0 Å². The van der Waals surface area contributed by atoms with Crippen molar-refractivity contribution in [1.82, 2.24) is 0 Å². The molecule has 2 nitrogen and oxygen atoms in total. The van der Waals surface area contributed by atoms with Crippen LogP contribution in [0.15, 0.2) is 23.3 Å². The van der Waals surface area contributed by atoms with Gasteiger partial charge in [-0.1, -0.05) is 19.9 Å². The van der Waals surface area contributed by atoms with Gasteiger partial charge in [0.05, 0.1) is 5.60 Å². The lowest BCUT2D eigenvalue weighted by Crippen LogP contribution is -2.34. The fraction of sp³-hybridized carbons (Fsp3) is 0.615. The summed E-state index contributed by atoms with van der Waals surface area (Å²) in [7, 11) is 0. The standard InChI is InChI=1S/C13H18O2/c1-12(2)8-10(14)6-9-7-13(3,15)5-4-11(9)12/h4,6,15H,5,7-8H2,1-3H3. The highest BCUT2D eigenvalue weighted by Crippen LogP contribution is 2.45.